The van der Waals surface area contributed by atoms with Crippen LogP contribution in [0.5, 0.6) is 28.7 Å². The maximum Gasteiger partial charge on any atom is 0.343 e. The molecule has 3 aromatic rings. The molecule has 0 bridgehead atoms. The first-order chi connectivity index (χ1) is 19.4. The third-order valence-electron chi connectivity index (χ3n) is 5.28. The van der Waals surface area contributed by atoms with E-state index >= 15 is 0 Å². The van der Waals surface area contributed by atoms with Gasteiger partial charge in [-0.05, 0) is 73.5 Å². The maximum absolute atomic E-state index is 12.8. The first kappa shape index (κ1) is 29.6. The van der Waals surface area contributed by atoms with Gasteiger partial charge in [0.2, 0.25) is 12.7 Å². The van der Waals surface area contributed by atoms with Crippen molar-refractivity contribution in [3.63, 3.8) is 0 Å². The van der Waals surface area contributed by atoms with E-state index in [4.69, 9.17) is 28.4 Å². The van der Waals surface area contributed by atoms with Gasteiger partial charge in [0.15, 0.2) is 5.75 Å². The quantitative estimate of drug-likeness (QED) is 0.0900. The van der Waals surface area contributed by atoms with Crippen molar-refractivity contribution in [1.29, 1.82) is 0 Å². The number of esters is 2. The molecule has 1 N–H and O–H groups in total. The van der Waals surface area contributed by atoms with Crippen molar-refractivity contribution in [3.8, 4) is 28.7 Å². The number of hydrogen-bond donors (Lipinski definition) is 1. The summed E-state index contributed by atoms with van der Waals surface area (Å²) in [5.41, 5.74) is 0.562. The van der Waals surface area contributed by atoms with Crippen LogP contribution in [0.2, 0.25) is 0 Å². The second kappa shape index (κ2) is 15.4. The maximum atomic E-state index is 12.8. The SMILES string of the molecule is C=CC(=O)OCCCCOc1ccc(C(=O)Oc2ccc(OCOc3ccc(OC)cc3)cc2NC(C)=O)cc1. The van der Waals surface area contributed by atoms with E-state index in [1.165, 1.54) is 19.1 Å². The molecular weight excluding hydrogens is 518 g/mol. The van der Waals surface area contributed by atoms with E-state index < -0.39 is 11.9 Å². The Morgan fingerprint density at radius 2 is 1.40 bits per heavy atom. The van der Waals surface area contributed by atoms with Gasteiger partial charge in [-0.15, -0.1) is 0 Å². The summed E-state index contributed by atoms with van der Waals surface area (Å²) in [5, 5.41) is 2.64. The standard InChI is InChI=1S/C30H31NO9/c1-4-29(33)37-18-6-5-17-36-24-9-7-22(8-10-24)30(34)40-28-16-15-26(19-27(28)31-21(2)32)39-20-38-25-13-11-23(35-3)12-14-25/h4,7-16,19H,1,5-6,17-18,20H2,2-3H3,(H,31,32). The van der Waals surface area contributed by atoms with E-state index in [2.05, 4.69) is 11.9 Å². The molecule has 3 rings (SSSR count). The zero-order valence-electron chi connectivity index (χ0n) is 22.3. The highest BCUT2D eigenvalue weighted by Crippen LogP contribution is 2.30. The van der Waals surface area contributed by atoms with Gasteiger partial charge in [-0.1, -0.05) is 6.58 Å². The molecule has 210 valence electrons. The van der Waals surface area contributed by atoms with E-state index in [0.29, 0.717) is 54.6 Å². The largest absolute Gasteiger partial charge is 0.497 e. The molecule has 0 saturated heterocycles. The van der Waals surface area contributed by atoms with E-state index in [1.807, 2.05) is 0 Å². The topological polar surface area (TPSA) is 119 Å². The van der Waals surface area contributed by atoms with Crippen molar-refractivity contribution in [2.45, 2.75) is 19.8 Å². The number of rotatable bonds is 15. The molecule has 0 saturated carbocycles. The minimum Gasteiger partial charge on any atom is -0.497 e. The zero-order valence-corrected chi connectivity index (χ0v) is 22.3. The molecule has 0 unspecified atom stereocenters. The van der Waals surface area contributed by atoms with Gasteiger partial charge in [-0.25, -0.2) is 9.59 Å². The summed E-state index contributed by atoms with van der Waals surface area (Å²) in [5.74, 6) is 1.03. The fraction of sp³-hybridized carbons (Fsp3) is 0.233. The molecule has 0 atom stereocenters. The number of carbonyl (C=O) groups is 3. The van der Waals surface area contributed by atoms with Crippen LogP contribution in [0.15, 0.2) is 79.4 Å². The summed E-state index contributed by atoms with van der Waals surface area (Å²) in [4.78, 5) is 35.5. The Morgan fingerprint density at radius 3 is 2.08 bits per heavy atom. The van der Waals surface area contributed by atoms with Crippen LogP contribution in [-0.4, -0.2) is 45.0 Å². The molecule has 10 heteroatoms. The van der Waals surface area contributed by atoms with Gasteiger partial charge >= 0.3 is 11.9 Å². The van der Waals surface area contributed by atoms with E-state index in [-0.39, 0.29) is 24.1 Å². The molecule has 0 radical (unpaired) electrons. The minimum absolute atomic E-state index is 0.0812. The van der Waals surface area contributed by atoms with E-state index in [0.717, 1.165) is 6.08 Å². The molecule has 40 heavy (non-hydrogen) atoms. The summed E-state index contributed by atoms with van der Waals surface area (Å²) in [7, 11) is 1.58. The summed E-state index contributed by atoms with van der Waals surface area (Å²) < 4.78 is 32.4. The summed E-state index contributed by atoms with van der Waals surface area (Å²) in [6, 6.07) is 18.2. The lowest BCUT2D eigenvalue weighted by molar-refractivity contribution is -0.137. The highest BCUT2D eigenvalue weighted by atomic mass is 16.7. The number of carbonyl (C=O) groups excluding carboxylic acids is 3. The normalized spacial score (nSPS) is 10.2. The number of amides is 1. The number of benzene rings is 3. The Morgan fingerprint density at radius 1 is 0.800 bits per heavy atom. The van der Waals surface area contributed by atoms with Gasteiger partial charge in [-0.3, -0.25) is 4.79 Å². The lowest BCUT2D eigenvalue weighted by atomic mass is 10.2. The second-order valence-corrected chi connectivity index (χ2v) is 8.26. The van der Waals surface area contributed by atoms with Gasteiger partial charge in [0.1, 0.15) is 23.0 Å². The Hall–Kier alpha value is -4.99. The van der Waals surface area contributed by atoms with Gasteiger partial charge in [0, 0.05) is 19.1 Å². The Bertz CT molecular complexity index is 1290. The van der Waals surface area contributed by atoms with Crippen molar-refractivity contribution in [3.05, 3.63) is 84.9 Å². The summed E-state index contributed by atoms with van der Waals surface area (Å²) in [6.45, 7) is 5.32. The molecule has 0 aliphatic carbocycles. The Balaban J connectivity index is 1.52. The molecule has 0 spiro atoms. The van der Waals surface area contributed by atoms with Gasteiger partial charge < -0.3 is 33.7 Å². The zero-order chi connectivity index (χ0) is 28.7. The Kier molecular flexibility index (Phi) is 11.4. The van der Waals surface area contributed by atoms with Crippen LogP contribution in [0.3, 0.4) is 0 Å². The second-order valence-electron chi connectivity index (χ2n) is 8.26. The minimum atomic E-state index is -0.612. The average molecular weight is 550 g/mol. The highest BCUT2D eigenvalue weighted by Gasteiger charge is 2.14. The lowest BCUT2D eigenvalue weighted by Gasteiger charge is -2.14. The van der Waals surface area contributed by atoms with E-state index in [9.17, 15) is 14.4 Å². The third kappa shape index (κ3) is 9.71. The first-order valence-corrected chi connectivity index (χ1v) is 12.4. The first-order valence-electron chi connectivity index (χ1n) is 12.4. The van der Waals surface area contributed by atoms with Crippen molar-refractivity contribution >= 4 is 23.5 Å². The molecule has 0 aliphatic heterocycles. The Labute approximate surface area is 232 Å². The van der Waals surface area contributed by atoms with Crippen molar-refractivity contribution < 1.29 is 42.8 Å². The number of anilines is 1. The fourth-order valence-corrected chi connectivity index (χ4v) is 3.28. The van der Waals surface area contributed by atoms with Crippen LogP contribution < -0.4 is 29.0 Å². The van der Waals surface area contributed by atoms with Crippen molar-refractivity contribution in [1.82, 2.24) is 0 Å². The number of nitrogens with one attached hydrogen (secondary N) is 1. The molecule has 0 fully saturated rings. The van der Waals surface area contributed by atoms with Crippen LogP contribution >= 0.6 is 0 Å². The average Bonchev–Trinajstić information content (AvgIpc) is 2.96. The summed E-state index contributed by atoms with van der Waals surface area (Å²) in [6.07, 6.45) is 2.46. The van der Waals surface area contributed by atoms with Gasteiger partial charge in [0.25, 0.3) is 0 Å². The fourth-order valence-electron chi connectivity index (χ4n) is 3.28. The lowest BCUT2D eigenvalue weighted by Crippen LogP contribution is -2.13. The van der Waals surface area contributed by atoms with Crippen LogP contribution in [0.4, 0.5) is 5.69 Å². The summed E-state index contributed by atoms with van der Waals surface area (Å²) >= 11 is 0. The van der Waals surface area contributed by atoms with E-state index in [1.54, 1.807) is 61.7 Å². The molecule has 0 heterocycles. The van der Waals surface area contributed by atoms with Gasteiger partial charge in [-0.2, -0.15) is 0 Å². The monoisotopic (exact) mass is 549 g/mol. The number of hydrogen-bond acceptors (Lipinski definition) is 9. The molecule has 10 nitrogen and oxygen atoms in total. The predicted molar refractivity (Wildman–Crippen MR) is 147 cm³/mol. The van der Waals surface area contributed by atoms with Crippen LogP contribution in [0.25, 0.3) is 0 Å². The van der Waals surface area contributed by atoms with Crippen LogP contribution in [-0.2, 0) is 14.3 Å². The van der Waals surface area contributed by atoms with Crippen LogP contribution in [0, 0.1) is 0 Å². The smallest absolute Gasteiger partial charge is 0.343 e. The molecular formula is C30H31NO9. The molecule has 0 aliphatic rings. The van der Waals surface area contributed by atoms with Gasteiger partial charge in [0.05, 0.1) is 31.6 Å². The number of unbranched alkanes of at least 4 members (excludes halogenated alkanes) is 1. The third-order valence-corrected chi connectivity index (χ3v) is 5.28. The molecule has 1 amide bonds. The predicted octanol–water partition coefficient (Wildman–Crippen LogP) is 5.18. The highest BCUT2D eigenvalue weighted by molar-refractivity contribution is 5.94. The number of methoxy groups -OCH3 is 1. The number of ether oxygens (including phenoxy) is 6. The van der Waals surface area contributed by atoms with Crippen molar-refractivity contribution in [2.75, 3.05) is 32.4 Å². The van der Waals surface area contributed by atoms with Crippen molar-refractivity contribution in [2.24, 2.45) is 0 Å². The molecule has 0 aromatic heterocycles. The van der Waals surface area contributed by atoms with Crippen LogP contribution in [0.1, 0.15) is 30.1 Å². The molecule has 3 aromatic carbocycles.